The predicted octanol–water partition coefficient (Wildman–Crippen LogP) is 1.73. The van der Waals surface area contributed by atoms with E-state index in [9.17, 15) is 25.0 Å². The van der Waals surface area contributed by atoms with E-state index in [0.29, 0.717) is 0 Å². The minimum Gasteiger partial charge on any atom is -0.478 e. The first kappa shape index (κ1) is 14.3. The Hall–Kier alpha value is -2.77. The smallest absolute Gasteiger partial charge is 0.331 e. The van der Waals surface area contributed by atoms with Crippen LogP contribution in [0.2, 0.25) is 0 Å². The number of benzene rings is 1. The van der Waals surface area contributed by atoms with E-state index in [1.807, 2.05) is 0 Å². The number of nitro groups is 2. The number of para-hydroxylation sites is 1. The van der Waals surface area contributed by atoms with Gasteiger partial charge in [0, 0.05) is 23.0 Å². The number of carbonyl (C=O) groups is 1. The van der Waals surface area contributed by atoms with Gasteiger partial charge in [0.15, 0.2) is 0 Å². The topological polar surface area (TPSA) is 124 Å². The van der Waals surface area contributed by atoms with Gasteiger partial charge in [0.25, 0.3) is 5.69 Å². The number of hydrogen-bond donors (Lipinski definition) is 1. The highest BCUT2D eigenvalue weighted by Gasteiger charge is 2.15. The van der Waals surface area contributed by atoms with Crippen LogP contribution in [-0.2, 0) is 4.79 Å². The molecule has 19 heavy (non-hydrogen) atoms. The van der Waals surface area contributed by atoms with Crippen molar-refractivity contribution in [3.63, 3.8) is 0 Å². The summed E-state index contributed by atoms with van der Waals surface area (Å²) in [6, 6.07) is 5.59. The monoisotopic (exact) mass is 266 g/mol. The summed E-state index contributed by atoms with van der Waals surface area (Å²) in [5.41, 5.74) is -0.387. The van der Waals surface area contributed by atoms with Crippen molar-refractivity contribution in [2.75, 3.05) is 6.54 Å². The lowest BCUT2D eigenvalue weighted by atomic mass is 10.1. The molecule has 0 aromatic heterocycles. The molecule has 0 aliphatic rings. The van der Waals surface area contributed by atoms with E-state index in [0.717, 1.165) is 6.08 Å². The Morgan fingerprint density at radius 2 is 1.89 bits per heavy atom. The number of carboxylic acids is 1. The van der Waals surface area contributed by atoms with Crippen LogP contribution in [-0.4, -0.2) is 27.5 Å². The molecule has 0 amide bonds. The summed E-state index contributed by atoms with van der Waals surface area (Å²) in [7, 11) is 0. The van der Waals surface area contributed by atoms with Gasteiger partial charge in [-0.2, -0.15) is 0 Å². The Bertz CT molecular complexity index is 552. The molecule has 1 aromatic carbocycles. The van der Waals surface area contributed by atoms with Gasteiger partial charge < -0.3 is 5.11 Å². The second-order valence-electron chi connectivity index (χ2n) is 3.60. The molecule has 8 heteroatoms. The lowest BCUT2D eigenvalue weighted by Crippen LogP contribution is -2.08. The largest absolute Gasteiger partial charge is 0.478 e. The highest BCUT2D eigenvalue weighted by Crippen LogP contribution is 2.21. The van der Waals surface area contributed by atoms with Gasteiger partial charge in [-0.05, 0) is 12.1 Å². The summed E-state index contributed by atoms with van der Waals surface area (Å²) in [5, 5.41) is 29.9. The van der Waals surface area contributed by atoms with Gasteiger partial charge in [0.1, 0.15) is 0 Å². The van der Waals surface area contributed by atoms with Crippen molar-refractivity contribution >= 4 is 17.7 Å². The predicted molar refractivity (Wildman–Crippen MR) is 65.2 cm³/mol. The van der Waals surface area contributed by atoms with E-state index in [2.05, 4.69) is 0 Å². The third-order valence-corrected chi connectivity index (χ3v) is 2.30. The number of nitrogens with zero attached hydrogens (tertiary/aromatic N) is 2. The third kappa shape index (κ3) is 4.19. The number of carboxylic acid groups (broad SMARTS) is 1. The average molecular weight is 266 g/mol. The van der Waals surface area contributed by atoms with Gasteiger partial charge in [-0.3, -0.25) is 20.2 Å². The Morgan fingerprint density at radius 3 is 2.42 bits per heavy atom. The molecule has 1 rings (SSSR count). The molecule has 0 aliphatic carbocycles. The standard InChI is InChI=1S/C11H10N2O6/c14-11(15)9(5-6-12(16)17)7-8-3-1-2-4-10(8)13(18)19/h1-4,7H,5-6H2,(H,14,15)/b9-7-. The van der Waals surface area contributed by atoms with Crippen LogP contribution in [0.3, 0.4) is 0 Å². The quantitative estimate of drug-likeness (QED) is 0.475. The fourth-order valence-corrected chi connectivity index (χ4v) is 1.42. The van der Waals surface area contributed by atoms with Crippen LogP contribution < -0.4 is 0 Å². The molecule has 0 fully saturated rings. The van der Waals surface area contributed by atoms with Crippen LogP contribution in [0, 0.1) is 20.2 Å². The van der Waals surface area contributed by atoms with Gasteiger partial charge >= 0.3 is 5.97 Å². The zero-order valence-electron chi connectivity index (χ0n) is 9.68. The molecule has 0 radical (unpaired) electrons. The van der Waals surface area contributed by atoms with E-state index in [4.69, 9.17) is 5.11 Å². The number of hydrogen-bond acceptors (Lipinski definition) is 5. The molecule has 0 heterocycles. The first-order valence-electron chi connectivity index (χ1n) is 5.21. The normalized spacial score (nSPS) is 11.1. The molecule has 1 aromatic rings. The van der Waals surface area contributed by atoms with Crippen LogP contribution in [0.5, 0.6) is 0 Å². The van der Waals surface area contributed by atoms with Gasteiger partial charge in [-0.15, -0.1) is 0 Å². The summed E-state index contributed by atoms with van der Waals surface area (Å²) in [4.78, 5) is 30.6. The first-order chi connectivity index (χ1) is 8.91. The lowest BCUT2D eigenvalue weighted by molar-refractivity contribution is -0.479. The van der Waals surface area contributed by atoms with Gasteiger partial charge in [0.05, 0.1) is 10.5 Å². The first-order valence-corrected chi connectivity index (χ1v) is 5.21. The zero-order chi connectivity index (χ0) is 14.4. The summed E-state index contributed by atoms with van der Waals surface area (Å²) >= 11 is 0. The number of nitro benzene ring substituents is 1. The molecular formula is C11H10N2O6. The third-order valence-electron chi connectivity index (χ3n) is 2.30. The molecule has 100 valence electrons. The molecule has 0 unspecified atom stereocenters. The Labute approximate surface area is 107 Å². The molecule has 0 bridgehead atoms. The Morgan fingerprint density at radius 1 is 1.26 bits per heavy atom. The fraction of sp³-hybridized carbons (Fsp3) is 0.182. The molecule has 0 aliphatic heterocycles. The van der Waals surface area contributed by atoms with Crippen molar-refractivity contribution in [2.24, 2.45) is 0 Å². The maximum atomic E-state index is 10.9. The van der Waals surface area contributed by atoms with Crippen LogP contribution in [0.4, 0.5) is 5.69 Å². The van der Waals surface area contributed by atoms with Crippen molar-refractivity contribution in [3.05, 3.63) is 55.6 Å². The molecule has 8 nitrogen and oxygen atoms in total. The maximum Gasteiger partial charge on any atom is 0.331 e. The van der Waals surface area contributed by atoms with E-state index >= 15 is 0 Å². The number of rotatable bonds is 6. The van der Waals surface area contributed by atoms with E-state index in [-0.39, 0.29) is 23.2 Å². The van der Waals surface area contributed by atoms with E-state index in [1.165, 1.54) is 24.3 Å². The molecule has 0 saturated carbocycles. The van der Waals surface area contributed by atoms with Crippen LogP contribution in [0.1, 0.15) is 12.0 Å². The highest BCUT2D eigenvalue weighted by atomic mass is 16.6. The van der Waals surface area contributed by atoms with Crippen molar-refractivity contribution in [1.29, 1.82) is 0 Å². The molecule has 0 saturated heterocycles. The SMILES string of the molecule is O=C(O)/C(=C\c1ccccc1[N+](=O)[O-])CC[N+](=O)[O-]. The van der Waals surface area contributed by atoms with E-state index < -0.39 is 22.4 Å². The number of aliphatic carboxylic acids is 1. The highest BCUT2D eigenvalue weighted by molar-refractivity contribution is 5.92. The summed E-state index contributed by atoms with van der Waals surface area (Å²) in [6.45, 7) is -0.543. The summed E-state index contributed by atoms with van der Waals surface area (Å²) in [5.74, 6) is -1.33. The van der Waals surface area contributed by atoms with Crippen LogP contribution in [0.25, 0.3) is 6.08 Å². The second kappa shape index (κ2) is 6.24. The van der Waals surface area contributed by atoms with Gasteiger partial charge in [-0.1, -0.05) is 12.1 Å². The Kier molecular flexibility index (Phi) is 4.69. The van der Waals surface area contributed by atoms with Crippen LogP contribution >= 0.6 is 0 Å². The second-order valence-corrected chi connectivity index (χ2v) is 3.60. The molecule has 1 N–H and O–H groups in total. The van der Waals surface area contributed by atoms with Crippen LogP contribution in [0.15, 0.2) is 29.8 Å². The Balaban J connectivity index is 3.11. The van der Waals surface area contributed by atoms with Crippen molar-refractivity contribution in [1.82, 2.24) is 0 Å². The lowest BCUT2D eigenvalue weighted by Gasteiger charge is -2.01. The van der Waals surface area contributed by atoms with Crippen molar-refractivity contribution in [2.45, 2.75) is 6.42 Å². The minimum atomic E-state index is -1.33. The molecular weight excluding hydrogens is 256 g/mol. The van der Waals surface area contributed by atoms with Gasteiger partial charge in [0.2, 0.25) is 6.54 Å². The van der Waals surface area contributed by atoms with E-state index in [1.54, 1.807) is 0 Å². The summed E-state index contributed by atoms with van der Waals surface area (Å²) < 4.78 is 0. The van der Waals surface area contributed by atoms with Crippen molar-refractivity contribution < 1.29 is 19.7 Å². The minimum absolute atomic E-state index is 0.105. The van der Waals surface area contributed by atoms with Gasteiger partial charge in [-0.25, -0.2) is 4.79 Å². The van der Waals surface area contributed by atoms with Crippen molar-refractivity contribution in [3.8, 4) is 0 Å². The average Bonchev–Trinajstić information content (AvgIpc) is 2.34. The molecule has 0 spiro atoms. The zero-order valence-corrected chi connectivity index (χ0v) is 9.68. The molecule has 0 atom stereocenters. The summed E-state index contributed by atoms with van der Waals surface area (Å²) in [6.07, 6.45) is 0.790. The maximum absolute atomic E-state index is 10.9. The fourth-order valence-electron chi connectivity index (χ4n) is 1.42.